The molecule has 3 atom stereocenters. The van der Waals surface area contributed by atoms with Crippen LogP contribution in [0.1, 0.15) is 19.3 Å². The number of nitrogens with zero attached hydrogens (tertiary/aromatic N) is 5. The van der Waals surface area contributed by atoms with Crippen LogP contribution in [0, 0.1) is 0 Å². The maximum absolute atomic E-state index is 13.1. The zero-order valence-corrected chi connectivity index (χ0v) is 16.2. The summed E-state index contributed by atoms with van der Waals surface area (Å²) in [6.45, 7) is 2.25. The number of ether oxygens (including phenoxy) is 2. The van der Waals surface area contributed by atoms with Gasteiger partial charge >= 0.3 is 0 Å². The van der Waals surface area contributed by atoms with Crippen LogP contribution in [0.15, 0.2) is 36.0 Å². The molecular weight excluding hydrogens is 370 g/mol. The third-order valence-corrected chi connectivity index (χ3v) is 6.88. The summed E-state index contributed by atoms with van der Waals surface area (Å²) in [5.41, 5.74) is 0. The number of rotatable bonds is 7. The number of aromatic nitrogens is 4. The molecule has 4 heterocycles. The molecule has 2 aliphatic rings. The molecule has 148 valence electrons. The molecule has 0 unspecified atom stereocenters. The highest BCUT2D eigenvalue weighted by molar-refractivity contribution is 7.89. The van der Waals surface area contributed by atoms with E-state index in [1.165, 1.54) is 16.8 Å². The Labute approximate surface area is 158 Å². The second kappa shape index (κ2) is 7.70. The Balaban J connectivity index is 1.43. The van der Waals surface area contributed by atoms with Gasteiger partial charge in [-0.05, 0) is 25.3 Å². The van der Waals surface area contributed by atoms with Gasteiger partial charge in [0.15, 0.2) is 5.03 Å². The van der Waals surface area contributed by atoms with Gasteiger partial charge in [0.2, 0.25) is 0 Å². The van der Waals surface area contributed by atoms with E-state index in [9.17, 15) is 8.42 Å². The molecule has 0 bridgehead atoms. The predicted octanol–water partition coefficient (Wildman–Crippen LogP) is 0.644. The lowest BCUT2D eigenvalue weighted by molar-refractivity contribution is -0.0761. The maximum atomic E-state index is 13.1. The first kappa shape index (κ1) is 18.6. The zero-order valence-electron chi connectivity index (χ0n) is 15.3. The summed E-state index contributed by atoms with van der Waals surface area (Å²) >= 11 is 0. The molecule has 2 saturated heterocycles. The van der Waals surface area contributed by atoms with Crippen LogP contribution < -0.4 is 0 Å². The average Bonchev–Trinajstić information content (AvgIpc) is 3.39. The summed E-state index contributed by atoms with van der Waals surface area (Å²) in [5, 5.41) is 4.25. The second-order valence-electron chi connectivity index (χ2n) is 7.03. The molecule has 2 aromatic rings. The quantitative estimate of drug-likeness (QED) is 0.639. The van der Waals surface area contributed by atoms with Crippen molar-refractivity contribution in [3.8, 4) is 0 Å². The number of sulfonamides is 1. The second-order valence-corrected chi connectivity index (χ2v) is 8.87. The lowest BCUT2D eigenvalue weighted by atomic mass is 10.0. The molecule has 2 aromatic heterocycles. The number of hydrogen-bond donors (Lipinski definition) is 0. The lowest BCUT2D eigenvalue weighted by Gasteiger charge is -2.31. The monoisotopic (exact) mass is 395 g/mol. The van der Waals surface area contributed by atoms with Crippen molar-refractivity contribution in [1.82, 2.24) is 23.6 Å². The Morgan fingerprint density at radius 3 is 3.04 bits per heavy atom. The van der Waals surface area contributed by atoms with E-state index in [1.807, 2.05) is 16.9 Å². The SMILES string of the molecule is Cn1cnc(S(=O)(=O)N2C[C@@H](OCCCn3cccn3)[C@@H]3OCCC[C@H]32)c1. The third-order valence-electron chi connectivity index (χ3n) is 5.11. The normalized spacial score (nSPS) is 26.3. The molecule has 27 heavy (non-hydrogen) atoms. The van der Waals surface area contributed by atoms with Gasteiger partial charge in [0.05, 0.1) is 18.5 Å². The van der Waals surface area contributed by atoms with Gasteiger partial charge in [0.1, 0.15) is 6.10 Å². The molecule has 10 heteroatoms. The average molecular weight is 395 g/mol. The molecule has 2 fully saturated rings. The van der Waals surface area contributed by atoms with Gasteiger partial charge in [-0.2, -0.15) is 9.40 Å². The van der Waals surface area contributed by atoms with Crippen molar-refractivity contribution in [2.75, 3.05) is 19.8 Å². The van der Waals surface area contributed by atoms with Crippen molar-refractivity contribution in [3.63, 3.8) is 0 Å². The highest BCUT2D eigenvalue weighted by Gasteiger charge is 2.50. The largest absolute Gasteiger partial charge is 0.374 e. The Bertz CT molecular complexity index is 851. The van der Waals surface area contributed by atoms with Gasteiger partial charge in [0.25, 0.3) is 10.0 Å². The topological polar surface area (TPSA) is 91.5 Å². The molecule has 0 saturated carbocycles. The molecule has 0 N–H and O–H groups in total. The molecule has 4 rings (SSSR count). The molecule has 2 aliphatic heterocycles. The van der Waals surface area contributed by atoms with Gasteiger partial charge in [-0.15, -0.1) is 0 Å². The van der Waals surface area contributed by atoms with E-state index in [1.54, 1.807) is 17.8 Å². The van der Waals surface area contributed by atoms with Crippen molar-refractivity contribution in [3.05, 3.63) is 31.0 Å². The van der Waals surface area contributed by atoms with E-state index < -0.39 is 10.0 Å². The first-order valence-electron chi connectivity index (χ1n) is 9.26. The highest BCUT2D eigenvalue weighted by Crippen LogP contribution is 2.34. The van der Waals surface area contributed by atoms with E-state index in [2.05, 4.69) is 10.1 Å². The number of hydrogen-bond acceptors (Lipinski definition) is 6. The number of fused-ring (bicyclic) bond motifs is 1. The van der Waals surface area contributed by atoms with Crippen molar-refractivity contribution in [2.45, 2.75) is 49.1 Å². The molecule has 0 radical (unpaired) electrons. The summed E-state index contributed by atoms with van der Waals surface area (Å²) in [7, 11) is -1.90. The minimum absolute atomic E-state index is 0.0775. The van der Waals surface area contributed by atoms with Crippen LogP contribution in [-0.2, 0) is 33.1 Å². The summed E-state index contributed by atoms with van der Waals surface area (Å²) in [6, 6.07) is 1.69. The van der Waals surface area contributed by atoms with Crippen molar-refractivity contribution < 1.29 is 17.9 Å². The Kier molecular flexibility index (Phi) is 5.31. The van der Waals surface area contributed by atoms with E-state index in [0.29, 0.717) is 19.8 Å². The van der Waals surface area contributed by atoms with Gasteiger partial charge in [0, 0.05) is 51.9 Å². The number of imidazole rings is 1. The number of aryl methyl sites for hydroxylation is 2. The first-order chi connectivity index (χ1) is 13.1. The minimum atomic E-state index is -3.66. The maximum Gasteiger partial charge on any atom is 0.262 e. The molecule has 0 amide bonds. The molecule has 0 spiro atoms. The summed E-state index contributed by atoms with van der Waals surface area (Å²) in [5.74, 6) is 0. The van der Waals surface area contributed by atoms with Crippen molar-refractivity contribution >= 4 is 10.0 Å². The van der Waals surface area contributed by atoms with Crippen LogP contribution in [0.25, 0.3) is 0 Å². The van der Waals surface area contributed by atoms with Gasteiger partial charge in [-0.3, -0.25) is 4.68 Å². The Hall–Kier alpha value is -1.75. The molecular formula is C17H25N5O4S. The zero-order chi connectivity index (χ0) is 18.9. The smallest absolute Gasteiger partial charge is 0.262 e. The Morgan fingerprint density at radius 2 is 2.30 bits per heavy atom. The fourth-order valence-electron chi connectivity index (χ4n) is 3.83. The molecule has 9 nitrogen and oxygen atoms in total. The van der Waals surface area contributed by atoms with E-state index in [0.717, 1.165) is 25.8 Å². The van der Waals surface area contributed by atoms with Gasteiger partial charge in [-0.1, -0.05) is 0 Å². The van der Waals surface area contributed by atoms with E-state index in [4.69, 9.17) is 9.47 Å². The van der Waals surface area contributed by atoms with Crippen molar-refractivity contribution in [1.29, 1.82) is 0 Å². The van der Waals surface area contributed by atoms with Crippen LogP contribution in [-0.4, -0.2) is 70.1 Å². The van der Waals surface area contributed by atoms with Crippen LogP contribution in [0.5, 0.6) is 0 Å². The van der Waals surface area contributed by atoms with Crippen LogP contribution >= 0.6 is 0 Å². The van der Waals surface area contributed by atoms with E-state index in [-0.39, 0.29) is 23.3 Å². The van der Waals surface area contributed by atoms with Crippen molar-refractivity contribution in [2.24, 2.45) is 7.05 Å². The van der Waals surface area contributed by atoms with Gasteiger partial charge in [-0.25, -0.2) is 13.4 Å². The summed E-state index contributed by atoms with van der Waals surface area (Å²) in [6.07, 6.45) is 8.66. The summed E-state index contributed by atoms with van der Waals surface area (Å²) < 4.78 is 43.1. The van der Waals surface area contributed by atoms with E-state index >= 15 is 0 Å². The van der Waals surface area contributed by atoms with Crippen LogP contribution in [0.2, 0.25) is 0 Å². The Morgan fingerprint density at radius 1 is 1.41 bits per heavy atom. The summed E-state index contributed by atoms with van der Waals surface area (Å²) in [4.78, 5) is 4.04. The first-order valence-corrected chi connectivity index (χ1v) is 10.7. The fourth-order valence-corrected chi connectivity index (χ4v) is 5.47. The van der Waals surface area contributed by atoms with Crippen LogP contribution in [0.3, 0.4) is 0 Å². The predicted molar refractivity (Wildman–Crippen MR) is 96.4 cm³/mol. The lowest BCUT2D eigenvalue weighted by Crippen LogP contribution is -2.43. The standard InChI is InChI=1S/C17H25N5O4S/c1-20-12-16(18-13-20)27(23,24)22-11-15(17-14(22)5-2-9-26-17)25-10-4-8-21-7-3-6-19-21/h3,6-7,12-15,17H,2,4-5,8-11H2,1H3/t14-,15-,17-/m1/s1. The highest BCUT2D eigenvalue weighted by atomic mass is 32.2. The third kappa shape index (κ3) is 3.79. The van der Waals surface area contributed by atoms with Crippen LogP contribution in [0.4, 0.5) is 0 Å². The van der Waals surface area contributed by atoms with Gasteiger partial charge < -0.3 is 14.0 Å². The molecule has 0 aromatic carbocycles. The minimum Gasteiger partial charge on any atom is -0.374 e. The fraction of sp³-hybridized carbons (Fsp3) is 0.647. The molecule has 0 aliphatic carbocycles.